The molecule has 0 unspecified atom stereocenters. The maximum absolute atomic E-state index is 10.8. The van der Waals surface area contributed by atoms with Crippen molar-refractivity contribution in [3.05, 3.63) is 16.1 Å². The van der Waals surface area contributed by atoms with Crippen molar-refractivity contribution in [3.8, 4) is 0 Å². The fourth-order valence-electron chi connectivity index (χ4n) is 1.26. The lowest BCUT2D eigenvalue weighted by Crippen LogP contribution is -2.15. The van der Waals surface area contributed by atoms with Crippen LogP contribution in [0.1, 0.15) is 29.7 Å². The van der Waals surface area contributed by atoms with Crippen LogP contribution in [0.4, 0.5) is 0 Å². The van der Waals surface area contributed by atoms with Crippen LogP contribution in [0.2, 0.25) is 0 Å². The summed E-state index contributed by atoms with van der Waals surface area (Å²) >= 11 is 1.74. The molecule has 90 valence electrons. The van der Waals surface area contributed by atoms with E-state index in [0.717, 1.165) is 25.9 Å². The summed E-state index contributed by atoms with van der Waals surface area (Å²) in [5.41, 5.74) is 0. The van der Waals surface area contributed by atoms with E-state index in [1.165, 1.54) is 17.0 Å². The van der Waals surface area contributed by atoms with E-state index in [1.807, 2.05) is 6.20 Å². The summed E-state index contributed by atoms with van der Waals surface area (Å²) < 4.78 is 4.56. The first-order chi connectivity index (χ1) is 7.76. The molecule has 0 spiro atoms. The van der Waals surface area contributed by atoms with Crippen molar-refractivity contribution in [2.75, 3.05) is 13.7 Å². The molecule has 0 saturated carbocycles. The number of aromatic nitrogens is 1. The van der Waals surface area contributed by atoms with E-state index in [2.05, 4.69) is 22.0 Å². The minimum absolute atomic E-state index is 0.146. The number of carbonyl (C=O) groups excluding carboxylic acids is 1. The number of nitrogens with zero attached hydrogens (tertiary/aromatic N) is 1. The van der Waals surface area contributed by atoms with Gasteiger partial charge < -0.3 is 10.1 Å². The van der Waals surface area contributed by atoms with E-state index in [1.54, 1.807) is 11.3 Å². The Bertz CT molecular complexity index is 326. The third-order valence-electron chi connectivity index (χ3n) is 2.17. The lowest BCUT2D eigenvalue weighted by molar-refractivity contribution is -0.140. The van der Waals surface area contributed by atoms with Gasteiger partial charge in [-0.2, -0.15) is 0 Å². The fourth-order valence-corrected chi connectivity index (χ4v) is 2.10. The third-order valence-corrected chi connectivity index (χ3v) is 3.31. The average molecular weight is 242 g/mol. The first-order valence-corrected chi connectivity index (χ1v) is 6.29. The number of hydrogen-bond donors (Lipinski definition) is 1. The first-order valence-electron chi connectivity index (χ1n) is 5.47. The molecule has 5 heteroatoms. The molecule has 1 aromatic heterocycles. The molecule has 1 heterocycles. The highest BCUT2D eigenvalue weighted by Crippen LogP contribution is 2.12. The van der Waals surface area contributed by atoms with Crippen LogP contribution >= 0.6 is 11.3 Å². The maximum atomic E-state index is 10.8. The van der Waals surface area contributed by atoms with Crippen LogP contribution in [0.5, 0.6) is 0 Å². The highest BCUT2D eigenvalue weighted by Gasteiger charge is 2.01. The maximum Gasteiger partial charge on any atom is 0.305 e. The number of aryl methyl sites for hydroxylation is 1. The van der Waals surface area contributed by atoms with Crippen LogP contribution in [0, 0.1) is 0 Å². The highest BCUT2D eigenvalue weighted by atomic mass is 32.1. The Labute approximate surface area is 100 Å². The molecule has 0 aliphatic carbocycles. The van der Waals surface area contributed by atoms with Crippen LogP contribution in [0.15, 0.2) is 6.20 Å². The molecular weight excluding hydrogens is 224 g/mol. The molecule has 0 aliphatic rings. The van der Waals surface area contributed by atoms with Gasteiger partial charge in [0.1, 0.15) is 0 Å². The van der Waals surface area contributed by atoms with Crippen molar-refractivity contribution in [1.82, 2.24) is 10.3 Å². The van der Waals surface area contributed by atoms with Gasteiger partial charge in [-0.3, -0.25) is 4.79 Å². The predicted molar refractivity (Wildman–Crippen MR) is 64.4 cm³/mol. The van der Waals surface area contributed by atoms with E-state index in [0.29, 0.717) is 6.42 Å². The smallest absolute Gasteiger partial charge is 0.305 e. The number of ether oxygens (including phenoxy) is 1. The number of rotatable bonds is 7. The second kappa shape index (κ2) is 7.35. The van der Waals surface area contributed by atoms with Crippen LogP contribution in [0.25, 0.3) is 0 Å². The van der Waals surface area contributed by atoms with E-state index in [-0.39, 0.29) is 5.97 Å². The lowest BCUT2D eigenvalue weighted by Gasteiger charge is -2.01. The Kier molecular flexibility index (Phi) is 6.03. The van der Waals surface area contributed by atoms with Gasteiger partial charge in [-0.05, 0) is 19.4 Å². The molecule has 0 aromatic carbocycles. The number of carbonyl (C=O) groups is 1. The van der Waals surface area contributed by atoms with Crippen LogP contribution < -0.4 is 5.32 Å². The van der Waals surface area contributed by atoms with Crippen LogP contribution in [-0.2, 0) is 22.5 Å². The molecule has 0 saturated heterocycles. The van der Waals surface area contributed by atoms with Gasteiger partial charge in [0, 0.05) is 24.0 Å². The monoisotopic (exact) mass is 242 g/mol. The number of hydrogen-bond acceptors (Lipinski definition) is 5. The van der Waals surface area contributed by atoms with Gasteiger partial charge in [0.15, 0.2) is 0 Å². The van der Waals surface area contributed by atoms with Crippen molar-refractivity contribution < 1.29 is 9.53 Å². The quantitative estimate of drug-likeness (QED) is 0.584. The molecule has 0 radical (unpaired) electrons. The predicted octanol–water partition coefficient (Wildman–Crippen LogP) is 1.75. The van der Waals surface area contributed by atoms with Gasteiger partial charge >= 0.3 is 5.97 Å². The zero-order valence-electron chi connectivity index (χ0n) is 9.78. The van der Waals surface area contributed by atoms with Crippen molar-refractivity contribution in [1.29, 1.82) is 0 Å². The van der Waals surface area contributed by atoms with Gasteiger partial charge in [-0.1, -0.05) is 6.92 Å². The summed E-state index contributed by atoms with van der Waals surface area (Å²) in [6, 6.07) is 0. The second-order valence-corrected chi connectivity index (χ2v) is 4.63. The topological polar surface area (TPSA) is 51.2 Å². The Balaban J connectivity index is 2.09. The third kappa shape index (κ3) is 4.72. The second-order valence-electron chi connectivity index (χ2n) is 3.43. The van der Waals surface area contributed by atoms with E-state index >= 15 is 0 Å². The lowest BCUT2D eigenvalue weighted by atomic mass is 10.3. The average Bonchev–Trinajstić information content (AvgIpc) is 2.76. The Morgan fingerprint density at radius 3 is 3.06 bits per heavy atom. The van der Waals surface area contributed by atoms with Gasteiger partial charge in [-0.25, -0.2) is 4.98 Å². The number of thiazole rings is 1. The van der Waals surface area contributed by atoms with Crippen LogP contribution in [0.3, 0.4) is 0 Å². The zero-order valence-corrected chi connectivity index (χ0v) is 10.6. The SMILES string of the molecule is CCc1ncc(CNCCCC(=O)OC)s1. The molecular formula is C11H18N2O2S. The molecule has 0 amide bonds. The Morgan fingerprint density at radius 2 is 2.44 bits per heavy atom. The Hall–Kier alpha value is -0.940. The number of methoxy groups -OCH3 is 1. The van der Waals surface area contributed by atoms with Gasteiger partial charge in [0.05, 0.1) is 12.1 Å². The minimum Gasteiger partial charge on any atom is -0.469 e. The zero-order chi connectivity index (χ0) is 11.8. The fraction of sp³-hybridized carbons (Fsp3) is 0.636. The van der Waals surface area contributed by atoms with E-state index < -0.39 is 0 Å². The minimum atomic E-state index is -0.146. The summed E-state index contributed by atoms with van der Waals surface area (Å²) in [6.45, 7) is 3.76. The summed E-state index contributed by atoms with van der Waals surface area (Å²) in [6.07, 6.45) is 4.20. The standard InChI is InChI=1S/C11H18N2O2S/c1-3-10-13-8-9(16-10)7-12-6-4-5-11(14)15-2/h8,12H,3-7H2,1-2H3. The van der Waals surface area contributed by atoms with Crippen molar-refractivity contribution in [3.63, 3.8) is 0 Å². The molecule has 0 aliphatic heterocycles. The molecule has 16 heavy (non-hydrogen) atoms. The van der Waals surface area contributed by atoms with Gasteiger partial charge in [0.2, 0.25) is 0 Å². The van der Waals surface area contributed by atoms with E-state index in [4.69, 9.17) is 0 Å². The summed E-state index contributed by atoms with van der Waals surface area (Å²) in [4.78, 5) is 16.4. The molecule has 0 fully saturated rings. The normalized spacial score (nSPS) is 10.4. The summed E-state index contributed by atoms with van der Waals surface area (Å²) in [5.74, 6) is -0.146. The van der Waals surface area contributed by atoms with Crippen molar-refractivity contribution in [2.24, 2.45) is 0 Å². The van der Waals surface area contributed by atoms with Crippen molar-refractivity contribution >= 4 is 17.3 Å². The summed E-state index contributed by atoms with van der Waals surface area (Å²) in [7, 11) is 1.42. The molecule has 0 bridgehead atoms. The van der Waals surface area contributed by atoms with E-state index in [9.17, 15) is 4.79 Å². The molecule has 0 atom stereocenters. The summed E-state index contributed by atoms with van der Waals surface area (Å²) in [5, 5.41) is 4.45. The number of nitrogens with one attached hydrogen (secondary N) is 1. The Morgan fingerprint density at radius 1 is 1.62 bits per heavy atom. The van der Waals surface area contributed by atoms with Crippen molar-refractivity contribution in [2.45, 2.75) is 32.7 Å². The highest BCUT2D eigenvalue weighted by molar-refractivity contribution is 7.11. The van der Waals surface area contributed by atoms with Gasteiger partial charge in [0.25, 0.3) is 0 Å². The number of esters is 1. The molecule has 1 aromatic rings. The molecule has 1 N–H and O–H groups in total. The van der Waals surface area contributed by atoms with Gasteiger partial charge in [-0.15, -0.1) is 11.3 Å². The van der Waals surface area contributed by atoms with Crippen LogP contribution in [-0.4, -0.2) is 24.6 Å². The largest absolute Gasteiger partial charge is 0.469 e. The first kappa shape index (κ1) is 13.1. The molecule has 4 nitrogen and oxygen atoms in total. The molecule has 1 rings (SSSR count).